The van der Waals surface area contributed by atoms with Gasteiger partial charge in [-0.15, -0.1) is 0 Å². The molecule has 7 atom stereocenters. The number of carbonyl (C=O) groups excluding carboxylic acids is 1. The van der Waals surface area contributed by atoms with Crippen LogP contribution in [0.3, 0.4) is 0 Å². The Hall–Kier alpha value is -6.91. The SMILES string of the molecule is CN[C@H](Cc1ccccc1)[C@@H](C(=O)O)C(=O)OC[C@@H]1O[C@H](Oc2ccc3c(=O)c(-c4ccc(O)cc4)coc3c2)[C@@H](On2cc3cc[nH]c3c2-c2cc(C)cc(C)c2)[C@H](O)[C@H]1O. The van der Waals surface area contributed by atoms with Gasteiger partial charge in [-0.3, -0.25) is 14.4 Å². The molecule has 0 saturated carbocycles. The van der Waals surface area contributed by atoms with Gasteiger partial charge in [-0.1, -0.05) is 59.7 Å². The van der Waals surface area contributed by atoms with Gasteiger partial charge in [-0.2, -0.15) is 4.73 Å². The average molecular weight is 844 g/mol. The Kier molecular flexibility index (Phi) is 11.9. The van der Waals surface area contributed by atoms with Gasteiger partial charge in [0, 0.05) is 29.3 Å². The van der Waals surface area contributed by atoms with E-state index in [9.17, 15) is 34.8 Å². The average Bonchev–Trinajstić information content (AvgIpc) is 3.84. The Bertz CT molecular complexity index is 2760. The smallest absolute Gasteiger partial charge is 0.322 e. The number of phenols is 1. The van der Waals surface area contributed by atoms with Crippen molar-refractivity contribution in [3.63, 3.8) is 0 Å². The van der Waals surface area contributed by atoms with Crippen LogP contribution in [0, 0.1) is 19.8 Å². The van der Waals surface area contributed by atoms with Crippen LogP contribution in [0.15, 0.2) is 125 Å². The number of fused-ring (bicyclic) bond motifs is 2. The number of hydrogen-bond donors (Lipinski definition) is 6. The van der Waals surface area contributed by atoms with E-state index in [2.05, 4.69) is 10.3 Å². The van der Waals surface area contributed by atoms with Crippen molar-refractivity contribution in [2.24, 2.45) is 5.92 Å². The first-order chi connectivity index (χ1) is 29.9. The number of aromatic amines is 1. The summed E-state index contributed by atoms with van der Waals surface area (Å²) in [4.78, 5) is 49.3. The van der Waals surface area contributed by atoms with E-state index < -0.39 is 61.2 Å². The van der Waals surface area contributed by atoms with E-state index in [1.807, 2.05) is 68.4 Å². The fraction of sp³-hybridized carbons (Fsp3) is 0.255. The van der Waals surface area contributed by atoms with Crippen molar-refractivity contribution in [3.05, 3.63) is 143 Å². The molecule has 1 aliphatic heterocycles. The highest BCUT2D eigenvalue weighted by atomic mass is 16.8. The number of aromatic nitrogens is 2. The quantitative estimate of drug-likeness (QED) is 0.0620. The maximum Gasteiger partial charge on any atom is 0.322 e. The van der Waals surface area contributed by atoms with Crippen LogP contribution in [-0.4, -0.2) is 92.5 Å². The number of aliphatic hydroxyl groups excluding tert-OH is 2. The van der Waals surface area contributed by atoms with Gasteiger partial charge in [0.25, 0.3) is 0 Å². The van der Waals surface area contributed by atoms with Crippen molar-refractivity contribution in [1.29, 1.82) is 0 Å². The van der Waals surface area contributed by atoms with Gasteiger partial charge in [0.05, 0.1) is 22.7 Å². The number of aliphatic carboxylic acids is 1. The lowest BCUT2D eigenvalue weighted by atomic mass is 9.93. The van der Waals surface area contributed by atoms with Crippen LogP contribution in [0.4, 0.5) is 0 Å². The van der Waals surface area contributed by atoms with Crippen molar-refractivity contribution >= 4 is 33.8 Å². The predicted molar refractivity (Wildman–Crippen MR) is 228 cm³/mol. The zero-order valence-electron chi connectivity index (χ0n) is 33.9. The van der Waals surface area contributed by atoms with E-state index in [0.29, 0.717) is 11.3 Å². The molecule has 320 valence electrons. The molecular formula is C47H45N3O12. The second kappa shape index (κ2) is 17.6. The summed E-state index contributed by atoms with van der Waals surface area (Å²) in [5.74, 6) is -3.93. The number of aryl methyl sites for hydroxylation is 2. The highest BCUT2D eigenvalue weighted by Gasteiger charge is 2.49. The number of phenolic OH excluding ortho intramolecular Hbond substituents is 1. The highest BCUT2D eigenvalue weighted by molar-refractivity contribution is 5.95. The van der Waals surface area contributed by atoms with Gasteiger partial charge in [-0.25, -0.2) is 0 Å². The number of aromatic hydroxyl groups is 1. The lowest BCUT2D eigenvalue weighted by Crippen LogP contribution is -2.63. The number of hydrogen-bond acceptors (Lipinski definition) is 12. The first kappa shape index (κ1) is 41.8. The molecule has 0 aliphatic carbocycles. The molecule has 0 bridgehead atoms. The van der Waals surface area contributed by atoms with Crippen LogP contribution < -0.4 is 20.3 Å². The van der Waals surface area contributed by atoms with Crippen LogP contribution in [0.25, 0.3) is 44.3 Å². The largest absolute Gasteiger partial charge is 0.508 e. The highest BCUT2D eigenvalue weighted by Crippen LogP contribution is 2.34. The first-order valence-electron chi connectivity index (χ1n) is 20.0. The zero-order valence-corrected chi connectivity index (χ0v) is 33.9. The lowest BCUT2D eigenvalue weighted by molar-refractivity contribution is -0.288. The molecular weight excluding hydrogens is 799 g/mol. The van der Waals surface area contributed by atoms with Crippen molar-refractivity contribution in [1.82, 2.24) is 15.0 Å². The number of likely N-dealkylation sites (N-methyl/N-ethyl adjacent to an activating group) is 1. The molecule has 0 spiro atoms. The Balaban J connectivity index is 1.10. The predicted octanol–water partition coefficient (Wildman–Crippen LogP) is 5.13. The van der Waals surface area contributed by atoms with Gasteiger partial charge < -0.3 is 54.2 Å². The van der Waals surface area contributed by atoms with E-state index in [1.165, 1.54) is 41.3 Å². The van der Waals surface area contributed by atoms with Crippen LogP contribution in [0.5, 0.6) is 11.5 Å². The van der Waals surface area contributed by atoms with Crippen molar-refractivity contribution in [2.75, 3.05) is 13.7 Å². The molecule has 4 heterocycles. The topological polar surface area (TPSA) is 215 Å². The molecule has 6 N–H and O–H groups in total. The van der Waals surface area contributed by atoms with Crippen molar-refractivity contribution < 1.29 is 53.5 Å². The third-order valence-corrected chi connectivity index (χ3v) is 11.0. The number of carbonyl (C=O) groups is 2. The Morgan fingerprint density at radius 1 is 0.919 bits per heavy atom. The van der Waals surface area contributed by atoms with Gasteiger partial charge in [0.15, 0.2) is 11.3 Å². The molecule has 4 aromatic carbocycles. The Labute approximate surface area is 354 Å². The van der Waals surface area contributed by atoms with Crippen LogP contribution >= 0.6 is 0 Å². The molecule has 7 aromatic rings. The summed E-state index contributed by atoms with van der Waals surface area (Å²) < 4.78 is 25.5. The molecule has 0 unspecified atom stereocenters. The minimum absolute atomic E-state index is 0.0487. The van der Waals surface area contributed by atoms with Gasteiger partial charge >= 0.3 is 11.9 Å². The molecule has 8 rings (SSSR count). The second-order valence-corrected chi connectivity index (χ2v) is 15.4. The number of esters is 1. The summed E-state index contributed by atoms with van der Waals surface area (Å²) in [6.07, 6.45) is -2.73. The van der Waals surface area contributed by atoms with Gasteiger partial charge in [0.1, 0.15) is 54.0 Å². The fourth-order valence-corrected chi connectivity index (χ4v) is 7.94. The number of H-pyrrole nitrogens is 1. The Morgan fingerprint density at radius 2 is 1.66 bits per heavy atom. The molecule has 62 heavy (non-hydrogen) atoms. The number of aliphatic hydroxyl groups is 2. The third-order valence-electron chi connectivity index (χ3n) is 11.0. The first-order valence-corrected chi connectivity index (χ1v) is 20.0. The van der Waals surface area contributed by atoms with Crippen molar-refractivity contribution in [3.8, 4) is 33.9 Å². The molecule has 3 aromatic heterocycles. The van der Waals surface area contributed by atoms with E-state index in [4.69, 9.17) is 23.5 Å². The maximum absolute atomic E-state index is 13.5. The minimum Gasteiger partial charge on any atom is -0.508 e. The summed E-state index contributed by atoms with van der Waals surface area (Å²) in [5, 5.41) is 47.2. The summed E-state index contributed by atoms with van der Waals surface area (Å²) in [5.41, 5.74) is 5.66. The molecule has 1 saturated heterocycles. The molecule has 1 aliphatic rings. The molecule has 0 radical (unpaired) electrons. The summed E-state index contributed by atoms with van der Waals surface area (Å²) in [6.45, 7) is 3.30. The van der Waals surface area contributed by atoms with E-state index >= 15 is 0 Å². The minimum atomic E-state index is -1.71. The standard InChI is InChI=1S/C47H45N3O12/c1-25-17-26(2)19-30(18-25)40-39-29(15-16-49-39)22-50(40)62-44-43(54)42(53)37(24-59-46(57)38(45(55)56)35(48-3)20-27-7-5-4-6-8-27)61-47(44)60-32-13-14-33-36(21-32)58-23-34(41(33)52)28-9-11-31(51)12-10-28/h4-19,21-23,35,37-38,42-44,47-49,51,53-54H,20,24H2,1-3H3,(H,55,56)/t35-,37+,38+,42+,43-,44+,47+/m1/s1. The summed E-state index contributed by atoms with van der Waals surface area (Å²) in [6, 6.07) is 26.7. The number of nitrogens with zero attached hydrogens (tertiary/aromatic N) is 1. The van der Waals surface area contributed by atoms with Crippen LogP contribution in [0.1, 0.15) is 16.7 Å². The summed E-state index contributed by atoms with van der Waals surface area (Å²) in [7, 11) is 1.55. The number of nitrogens with one attached hydrogen (secondary N) is 2. The third kappa shape index (κ3) is 8.51. The van der Waals surface area contributed by atoms with Crippen LogP contribution in [-0.2, 0) is 25.5 Å². The number of carboxylic acid groups (broad SMARTS) is 1. The molecule has 15 nitrogen and oxygen atoms in total. The van der Waals surface area contributed by atoms with Crippen molar-refractivity contribution in [2.45, 2.75) is 57.0 Å². The number of rotatable bonds is 14. The van der Waals surface area contributed by atoms with Crippen LogP contribution in [0.2, 0.25) is 0 Å². The van der Waals surface area contributed by atoms with E-state index in [0.717, 1.165) is 33.2 Å². The fourth-order valence-electron chi connectivity index (χ4n) is 7.94. The lowest BCUT2D eigenvalue weighted by Gasteiger charge is -2.41. The molecule has 15 heteroatoms. The maximum atomic E-state index is 13.5. The Morgan fingerprint density at radius 3 is 2.37 bits per heavy atom. The van der Waals surface area contributed by atoms with Gasteiger partial charge in [0.2, 0.25) is 12.4 Å². The monoisotopic (exact) mass is 843 g/mol. The van der Waals surface area contributed by atoms with E-state index in [1.54, 1.807) is 31.6 Å². The molecule has 0 amide bonds. The number of benzene rings is 4. The normalized spacial score (nSPS) is 19.9. The molecule has 1 fully saturated rings. The number of ether oxygens (including phenoxy) is 3. The number of carboxylic acids is 1. The summed E-state index contributed by atoms with van der Waals surface area (Å²) >= 11 is 0. The zero-order chi connectivity index (χ0) is 43.7. The second-order valence-electron chi connectivity index (χ2n) is 15.4. The van der Waals surface area contributed by atoms with Gasteiger partial charge in [-0.05, 0) is 80.9 Å². The van der Waals surface area contributed by atoms with E-state index in [-0.39, 0.29) is 39.9 Å².